The van der Waals surface area contributed by atoms with E-state index in [1.807, 2.05) is 0 Å². The monoisotopic (exact) mass is 710 g/mol. The normalized spacial score (nSPS) is 20.7. The molecule has 1 heterocycles. The summed E-state index contributed by atoms with van der Waals surface area (Å²) in [6.45, 7) is 0.675. The van der Waals surface area contributed by atoms with E-state index in [1.165, 1.54) is 16.9 Å². The number of rotatable bonds is 13. The van der Waals surface area contributed by atoms with Gasteiger partial charge in [0.2, 0.25) is 10.0 Å². The first-order valence-corrected chi connectivity index (χ1v) is 13.7. The minimum Gasteiger partial charge on any atom is -0.549 e. The summed E-state index contributed by atoms with van der Waals surface area (Å²) in [5.41, 5.74) is 0. The maximum Gasteiger partial charge on any atom is 3.00 e. The van der Waals surface area contributed by atoms with Crippen LogP contribution in [0.4, 0.5) is 0 Å². The first-order valence-electron chi connectivity index (χ1n) is 11.9. The molecule has 1 saturated heterocycles. The molecule has 0 bridgehead atoms. The molecule has 0 aliphatic carbocycles. The third-order valence-corrected chi connectivity index (χ3v) is 7.12. The summed E-state index contributed by atoms with van der Waals surface area (Å²) < 4.78 is 31.7. The number of β-amino-alcohol motifs (C(OH)–C–C–N with tert-alkyl or cyclic N) is 1. The molecule has 0 aromatic rings. The third-order valence-electron chi connectivity index (χ3n) is 5.85. The molecule has 221 valence electrons. The molecule has 0 aromatic carbocycles. The zero-order valence-electron chi connectivity index (χ0n) is 22.0. The largest absolute Gasteiger partial charge is 3.00 e. The van der Waals surface area contributed by atoms with Gasteiger partial charge < -0.3 is 39.5 Å². The van der Waals surface area contributed by atoms with Gasteiger partial charge in [0.1, 0.15) is 0 Å². The van der Waals surface area contributed by atoms with Crippen molar-refractivity contribution in [3.63, 3.8) is 0 Å². The van der Waals surface area contributed by atoms with Gasteiger partial charge in [-0.3, -0.25) is 19.6 Å². The Hall–Kier alpha value is -0.595. The van der Waals surface area contributed by atoms with Gasteiger partial charge >= 0.3 is 39.9 Å². The summed E-state index contributed by atoms with van der Waals surface area (Å²) in [5, 5.41) is 44.3. The second-order valence-electron chi connectivity index (χ2n) is 9.09. The maximum atomic E-state index is 12.8. The Bertz CT molecular complexity index is 850. The number of aliphatic carboxylic acids is 3. The van der Waals surface area contributed by atoms with Crippen LogP contribution < -0.4 is 15.3 Å². The number of sulfonamides is 1. The van der Waals surface area contributed by atoms with E-state index < -0.39 is 59.8 Å². The number of aliphatic hydroxyl groups is 1. The van der Waals surface area contributed by atoms with Crippen molar-refractivity contribution >= 4 is 27.9 Å². The molecule has 1 fully saturated rings. The Kier molecular flexibility index (Phi) is 18.4. The van der Waals surface area contributed by atoms with E-state index in [2.05, 4.69) is 0 Å². The fourth-order valence-electron chi connectivity index (χ4n) is 4.21. The van der Waals surface area contributed by atoms with Crippen LogP contribution in [0.1, 0.15) is 6.92 Å². The average molecular weight is 710 g/mol. The molecule has 0 aromatic heterocycles. The smallest absolute Gasteiger partial charge is 0.549 e. The topological polar surface area (TPSA) is 200 Å². The van der Waals surface area contributed by atoms with Crippen molar-refractivity contribution in [2.45, 2.75) is 19.2 Å². The van der Waals surface area contributed by atoms with Gasteiger partial charge in [-0.25, -0.2) is 8.42 Å². The van der Waals surface area contributed by atoms with E-state index >= 15 is 0 Å². The predicted molar refractivity (Wildman–Crippen MR) is 125 cm³/mol. The van der Waals surface area contributed by atoms with Gasteiger partial charge in [0.25, 0.3) is 0 Å². The predicted octanol–water partition coefficient (Wildman–Crippen LogP) is -6.93. The third kappa shape index (κ3) is 15.3. The van der Waals surface area contributed by atoms with Crippen molar-refractivity contribution in [2.75, 3.05) is 98.5 Å². The van der Waals surface area contributed by atoms with Crippen molar-refractivity contribution in [1.29, 1.82) is 0 Å². The summed E-state index contributed by atoms with van der Waals surface area (Å²) in [6.07, 6.45) is -0.874. The average Bonchev–Trinajstić information content (AvgIpc) is 2.74. The van der Waals surface area contributed by atoms with Crippen LogP contribution in [0.5, 0.6) is 0 Å². The number of carboxylic acids is 3. The van der Waals surface area contributed by atoms with E-state index in [0.29, 0.717) is 0 Å². The van der Waals surface area contributed by atoms with Crippen molar-refractivity contribution in [3.8, 4) is 0 Å². The first-order chi connectivity index (χ1) is 17.2. The van der Waals surface area contributed by atoms with Crippen LogP contribution in [0, 0.1) is 39.9 Å². The zero-order chi connectivity index (χ0) is 28.2. The molecule has 38 heavy (non-hydrogen) atoms. The second-order valence-corrected chi connectivity index (χ2v) is 11.0. The standard InChI is InChI=1S/C21H41N5O10S.Gd/c1-17(27)12-24-7-6-22(14-19(28)29)4-5-23(15-20(30)31)8-9-25(16-21(32)33)18(13-24)26(10-11-36-2)37(3,34)35;/h17-18,27H,4-16H2,1-3H3,(H,28,29)(H,30,31)(H,32,33);/q;+3/p-3. The van der Waals surface area contributed by atoms with Crippen LogP contribution in [0.25, 0.3) is 0 Å². The molecule has 1 rings (SSSR count). The van der Waals surface area contributed by atoms with Crippen molar-refractivity contribution in [2.24, 2.45) is 0 Å². The van der Waals surface area contributed by atoms with Gasteiger partial charge in [-0.2, -0.15) is 4.31 Å². The second kappa shape index (κ2) is 18.7. The minimum absolute atomic E-state index is 0. The molecule has 1 aliphatic heterocycles. The number of nitrogens with zero attached hydrogens (tertiary/aromatic N) is 5. The summed E-state index contributed by atoms with van der Waals surface area (Å²) in [7, 11) is -2.49. The first kappa shape index (κ1) is 37.4. The fraction of sp³-hybridized carbons (Fsp3) is 0.857. The van der Waals surface area contributed by atoms with Gasteiger partial charge in [-0.1, -0.05) is 0 Å². The van der Waals surface area contributed by atoms with E-state index in [0.717, 1.165) is 10.6 Å². The van der Waals surface area contributed by atoms with Gasteiger partial charge in [0.15, 0.2) is 0 Å². The number of methoxy groups -OCH3 is 1. The quantitative estimate of drug-likeness (QED) is 0.189. The maximum absolute atomic E-state index is 12.8. The molecule has 1 N–H and O–H groups in total. The number of hydrogen-bond donors (Lipinski definition) is 1. The Balaban J connectivity index is 0.0000137. The van der Waals surface area contributed by atoms with Crippen LogP contribution in [-0.4, -0.2) is 166 Å². The van der Waals surface area contributed by atoms with E-state index in [-0.39, 0.29) is 105 Å². The zero-order valence-corrected chi connectivity index (χ0v) is 25.1. The molecule has 1 radical (unpaired) electrons. The summed E-state index contributed by atoms with van der Waals surface area (Å²) in [4.78, 5) is 40.4. The number of hydrogen-bond acceptors (Lipinski definition) is 14. The van der Waals surface area contributed by atoms with Gasteiger partial charge in [-0.15, -0.1) is 0 Å². The minimum atomic E-state index is -3.89. The summed E-state index contributed by atoms with van der Waals surface area (Å²) in [6, 6.07) is 0. The van der Waals surface area contributed by atoms with Gasteiger partial charge in [0, 0.05) is 85.6 Å². The van der Waals surface area contributed by atoms with Crippen molar-refractivity contribution in [1.82, 2.24) is 23.9 Å². The van der Waals surface area contributed by atoms with Crippen LogP contribution >= 0.6 is 0 Å². The molecular weight excluding hydrogens is 672 g/mol. The number of carbonyl (C=O) groups is 3. The molecular formula is C21H38GdN5O10S. The Labute approximate surface area is 256 Å². The van der Waals surface area contributed by atoms with Crippen LogP contribution in [0.2, 0.25) is 0 Å². The number of aliphatic hydroxyl groups excluding tert-OH is 1. The summed E-state index contributed by atoms with van der Waals surface area (Å²) in [5.74, 6) is -4.14. The Morgan fingerprint density at radius 1 is 0.921 bits per heavy atom. The summed E-state index contributed by atoms with van der Waals surface area (Å²) >= 11 is 0. The van der Waals surface area contributed by atoms with Crippen LogP contribution in [-0.2, 0) is 29.1 Å². The van der Waals surface area contributed by atoms with Crippen LogP contribution in [0.15, 0.2) is 0 Å². The van der Waals surface area contributed by atoms with E-state index in [4.69, 9.17) is 4.74 Å². The molecule has 0 saturated carbocycles. The van der Waals surface area contributed by atoms with Crippen LogP contribution in [0.3, 0.4) is 0 Å². The fourth-order valence-corrected chi connectivity index (χ4v) is 5.26. The molecule has 2 atom stereocenters. The molecule has 0 amide bonds. The van der Waals surface area contributed by atoms with Crippen molar-refractivity contribution < 1.29 is 87.9 Å². The van der Waals surface area contributed by atoms with Gasteiger partial charge in [-0.05, 0) is 6.92 Å². The Morgan fingerprint density at radius 2 is 1.37 bits per heavy atom. The number of carboxylic acid groups (broad SMARTS) is 3. The van der Waals surface area contributed by atoms with E-state index in [9.17, 15) is 43.2 Å². The van der Waals surface area contributed by atoms with E-state index in [1.54, 1.807) is 16.7 Å². The molecule has 0 spiro atoms. The van der Waals surface area contributed by atoms with Gasteiger partial charge in [0.05, 0.1) is 43.0 Å². The van der Waals surface area contributed by atoms with Crippen molar-refractivity contribution in [3.05, 3.63) is 0 Å². The molecule has 15 nitrogen and oxygen atoms in total. The SMILES string of the molecule is COCCN(C1CN(CC(C)O)CCN(CC(=O)[O-])CCN(CC(=O)[O-])CCN1CC(=O)[O-])S(C)(=O)=O.[Gd+3]. The Morgan fingerprint density at radius 3 is 1.76 bits per heavy atom. The molecule has 2 unspecified atom stereocenters. The molecule has 17 heteroatoms. The number of carbonyl (C=O) groups excluding carboxylic acids is 3. The molecule has 1 aliphatic rings. The number of ether oxygens (including phenoxy) is 1.